The van der Waals surface area contributed by atoms with Gasteiger partial charge in [0.2, 0.25) is 0 Å². The predicted molar refractivity (Wildman–Crippen MR) is 68.6 cm³/mol. The predicted octanol–water partition coefficient (Wildman–Crippen LogP) is 0.651. The van der Waals surface area contributed by atoms with E-state index in [1.807, 2.05) is 19.2 Å². The maximum absolute atomic E-state index is 11.9. The highest BCUT2D eigenvalue weighted by Gasteiger charge is 2.17. The average Bonchev–Trinajstić information content (AvgIpc) is 2.36. The van der Waals surface area contributed by atoms with Crippen LogP contribution in [0.2, 0.25) is 0 Å². The van der Waals surface area contributed by atoms with Crippen LogP contribution >= 0.6 is 0 Å². The number of rotatable bonds is 6. The minimum absolute atomic E-state index is 0.350. The van der Waals surface area contributed by atoms with Gasteiger partial charge in [0.05, 0.1) is 0 Å². The number of hydrogen-bond acceptors (Lipinski definition) is 3. The van der Waals surface area contributed by atoms with E-state index in [0.717, 1.165) is 18.5 Å². The molecule has 1 atom stereocenters. The molecule has 1 rings (SSSR count). The number of hydrogen-bond donors (Lipinski definition) is 3. The average molecular weight is 250 g/mol. The zero-order valence-corrected chi connectivity index (χ0v) is 10.6. The zero-order chi connectivity index (χ0) is 13.5. The summed E-state index contributed by atoms with van der Waals surface area (Å²) in [6.45, 7) is 2.20. The van der Waals surface area contributed by atoms with E-state index >= 15 is 0 Å². The molecule has 1 amide bonds. The number of carbonyl (C=O) groups excluding carboxylic acids is 1. The van der Waals surface area contributed by atoms with Crippen LogP contribution in [-0.4, -0.2) is 36.6 Å². The van der Waals surface area contributed by atoms with Crippen LogP contribution in [-0.2, 0) is 11.2 Å². The molecule has 0 aliphatic rings. The van der Waals surface area contributed by atoms with Gasteiger partial charge in [0.15, 0.2) is 0 Å². The van der Waals surface area contributed by atoms with Gasteiger partial charge >= 0.3 is 5.97 Å². The number of carbonyl (C=O) groups is 2. The second-order valence-corrected chi connectivity index (χ2v) is 4.04. The highest BCUT2D eigenvalue weighted by molar-refractivity contribution is 5.97. The van der Waals surface area contributed by atoms with Gasteiger partial charge in [0.1, 0.15) is 6.04 Å². The Morgan fingerprint density at radius 2 is 2.00 bits per heavy atom. The Bertz CT molecular complexity index is 432. The normalized spacial score (nSPS) is 11.9. The van der Waals surface area contributed by atoms with Crippen LogP contribution in [0, 0.1) is 0 Å². The van der Waals surface area contributed by atoms with Crippen LogP contribution in [0.1, 0.15) is 22.8 Å². The fourth-order valence-electron chi connectivity index (χ4n) is 1.56. The van der Waals surface area contributed by atoms with E-state index in [9.17, 15) is 9.59 Å². The van der Waals surface area contributed by atoms with E-state index in [1.54, 1.807) is 12.1 Å². The van der Waals surface area contributed by atoms with E-state index < -0.39 is 12.0 Å². The molecule has 0 aliphatic heterocycles. The summed E-state index contributed by atoms with van der Waals surface area (Å²) < 4.78 is 0. The minimum Gasteiger partial charge on any atom is -0.480 e. The lowest BCUT2D eigenvalue weighted by Crippen LogP contribution is -2.38. The molecule has 1 aromatic rings. The van der Waals surface area contributed by atoms with Gasteiger partial charge in [-0.05, 0) is 38.6 Å². The molecule has 5 nitrogen and oxygen atoms in total. The van der Waals surface area contributed by atoms with Gasteiger partial charge < -0.3 is 15.7 Å². The van der Waals surface area contributed by atoms with Gasteiger partial charge in [-0.1, -0.05) is 18.2 Å². The standard InChI is InChI=1S/C13H18N2O3/c1-9(13(17)18)15-12(16)11-6-4-3-5-10(11)7-8-14-2/h3-6,9,14H,7-8H2,1-2H3,(H,15,16)(H,17,18)/t9-/m1/s1. The zero-order valence-electron chi connectivity index (χ0n) is 10.6. The summed E-state index contributed by atoms with van der Waals surface area (Å²) >= 11 is 0. The van der Waals surface area contributed by atoms with Crippen molar-refractivity contribution < 1.29 is 14.7 Å². The van der Waals surface area contributed by atoms with E-state index in [4.69, 9.17) is 5.11 Å². The lowest BCUT2D eigenvalue weighted by atomic mass is 10.0. The molecule has 0 spiro atoms. The van der Waals surface area contributed by atoms with Crippen molar-refractivity contribution in [3.63, 3.8) is 0 Å². The summed E-state index contributed by atoms with van der Waals surface area (Å²) in [6.07, 6.45) is 0.724. The molecule has 1 aromatic carbocycles. The Kier molecular flexibility index (Phi) is 5.32. The number of amides is 1. The van der Waals surface area contributed by atoms with Gasteiger partial charge in [0, 0.05) is 5.56 Å². The van der Waals surface area contributed by atoms with Crippen LogP contribution in [0.25, 0.3) is 0 Å². The molecule has 98 valence electrons. The summed E-state index contributed by atoms with van der Waals surface area (Å²) in [5, 5.41) is 14.2. The molecule has 0 radical (unpaired) electrons. The van der Waals surface area contributed by atoms with Crippen molar-refractivity contribution in [2.75, 3.05) is 13.6 Å². The van der Waals surface area contributed by atoms with Crippen molar-refractivity contribution in [2.45, 2.75) is 19.4 Å². The Balaban J connectivity index is 2.81. The molecule has 5 heteroatoms. The van der Waals surface area contributed by atoms with Crippen LogP contribution in [0.4, 0.5) is 0 Å². The van der Waals surface area contributed by atoms with Crippen molar-refractivity contribution in [1.82, 2.24) is 10.6 Å². The third-order valence-electron chi connectivity index (χ3n) is 2.62. The van der Waals surface area contributed by atoms with Crippen molar-refractivity contribution in [3.8, 4) is 0 Å². The van der Waals surface area contributed by atoms with Gasteiger partial charge in [-0.15, -0.1) is 0 Å². The molecular weight excluding hydrogens is 232 g/mol. The Morgan fingerprint density at radius 1 is 1.33 bits per heavy atom. The van der Waals surface area contributed by atoms with E-state index in [2.05, 4.69) is 10.6 Å². The number of carboxylic acid groups (broad SMARTS) is 1. The largest absolute Gasteiger partial charge is 0.480 e. The lowest BCUT2D eigenvalue weighted by molar-refractivity contribution is -0.138. The number of likely N-dealkylation sites (N-methyl/N-ethyl adjacent to an activating group) is 1. The first-order valence-corrected chi connectivity index (χ1v) is 5.82. The molecule has 0 aromatic heterocycles. The molecule has 0 heterocycles. The van der Waals surface area contributed by atoms with Gasteiger partial charge in [-0.2, -0.15) is 0 Å². The Morgan fingerprint density at radius 3 is 2.61 bits per heavy atom. The first-order valence-electron chi connectivity index (χ1n) is 5.82. The van der Waals surface area contributed by atoms with Crippen molar-refractivity contribution in [3.05, 3.63) is 35.4 Å². The van der Waals surface area contributed by atoms with Gasteiger partial charge in [-0.3, -0.25) is 9.59 Å². The van der Waals surface area contributed by atoms with E-state index in [0.29, 0.717) is 5.56 Å². The van der Waals surface area contributed by atoms with Gasteiger partial charge in [-0.25, -0.2) is 0 Å². The molecule has 0 fully saturated rings. The van der Waals surface area contributed by atoms with Crippen LogP contribution in [0.5, 0.6) is 0 Å². The first kappa shape index (κ1) is 14.2. The highest BCUT2D eigenvalue weighted by atomic mass is 16.4. The smallest absolute Gasteiger partial charge is 0.325 e. The van der Waals surface area contributed by atoms with E-state index in [1.165, 1.54) is 6.92 Å². The van der Waals surface area contributed by atoms with Crippen molar-refractivity contribution >= 4 is 11.9 Å². The summed E-state index contributed by atoms with van der Waals surface area (Å²) in [7, 11) is 1.84. The first-order chi connectivity index (χ1) is 8.56. The minimum atomic E-state index is -1.05. The summed E-state index contributed by atoms with van der Waals surface area (Å²) in [4.78, 5) is 22.6. The molecule has 0 saturated heterocycles. The molecule has 0 saturated carbocycles. The summed E-state index contributed by atoms with van der Waals surface area (Å²) in [5.74, 6) is -1.40. The number of benzene rings is 1. The number of carboxylic acids is 1. The molecule has 18 heavy (non-hydrogen) atoms. The third kappa shape index (κ3) is 3.85. The lowest BCUT2D eigenvalue weighted by Gasteiger charge is -2.12. The summed E-state index contributed by atoms with van der Waals surface area (Å²) in [5.41, 5.74) is 1.43. The Labute approximate surface area is 106 Å². The molecule has 0 unspecified atom stereocenters. The van der Waals surface area contributed by atoms with Crippen LogP contribution in [0.3, 0.4) is 0 Å². The fraction of sp³-hybridized carbons (Fsp3) is 0.385. The molecule has 0 bridgehead atoms. The van der Waals surface area contributed by atoms with Crippen molar-refractivity contribution in [2.24, 2.45) is 0 Å². The SMILES string of the molecule is CNCCc1ccccc1C(=O)N[C@H](C)C(=O)O. The maximum atomic E-state index is 11.9. The third-order valence-corrected chi connectivity index (χ3v) is 2.62. The fourth-order valence-corrected chi connectivity index (χ4v) is 1.56. The monoisotopic (exact) mass is 250 g/mol. The molecule has 0 aliphatic carbocycles. The van der Waals surface area contributed by atoms with Crippen molar-refractivity contribution in [1.29, 1.82) is 0 Å². The second kappa shape index (κ2) is 6.76. The number of aliphatic carboxylic acids is 1. The second-order valence-electron chi connectivity index (χ2n) is 4.04. The number of nitrogens with one attached hydrogen (secondary N) is 2. The Hall–Kier alpha value is -1.88. The quantitative estimate of drug-likeness (QED) is 0.692. The maximum Gasteiger partial charge on any atom is 0.325 e. The highest BCUT2D eigenvalue weighted by Crippen LogP contribution is 2.09. The summed E-state index contributed by atoms with van der Waals surface area (Å²) in [6, 6.07) is 6.31. The molecule has 3 N–H and O–H groups in total. The topological polar surface area (TPSA) is 78.4 Å². The van der Waals surface area contributed by atoms with Crippen LogP contribution < -0.4 is 10.6 Å². The van der Waals surface area contributed by atoms with Crippen LogP contribution in [0.15, 0.2) is 24.3 Å². The van der Waals surface area contributed by atoms with Gasteiger partial charge in [0.25, 0.3) is 5.91 Å². The molecular formula is C13H18N2O3. The van der Waals surface area contributed by atoms with E-state index in [-0.39, 0.29) is 5.91 Å².